The van der Waals surface area contributed by atoms with E-state index in [-0.39, 0.29) is 12.1 Å². The number of aromatic nitrogens is 2. The predicted molar refractivity (Wildman–Crippen MR) is 66.4 cm³/mol. The molecular weight excluding hydrogens is 216 g/mol. The predicted octanol–water partition coefficient (Wildman–Crippen LogP) is 0.765. The van der Waals surface area contributed by atoms with Crippen LogP contribution in [0.15, 0.2) is 6.07 Å². The average Bonchev–Trinajstić information content (AvgIpc) is 2.94. The van der Waals surface area contributed by atoms with Gasteiger partial charge in [0.1, 0.15) is 0 Å². The van der Waals surface area contributed by atoms with E-state index in [1.165, 1.54) is 5.69 Å². The molecule has 1 aliphatic rings. The highest BCUT2D eigenvalue weighted by molar-refractivity contribution is 5.11. The van der Waals surface area contributed by atoms with E-state index in [9.17, 15) is 0 Å². The van der Waals surface area contributed by atoms with E-state index < -0.39 is 0 Å². The van der Waals surface area contributed by atoms with Crippen molar-refractivity contribution in [3.05, 3.63) is 17.5 Å². The SMILES string of the molecule is CCn1nc(C)cc1CC(NN)C1CCCO1. The van der Waals surface area contributed by atoms with Crippen LogP contribution in [0.4, 0.5) is 0 Å². The van der Waals surface area contributed by atoms with Crippen molar-refractivity contribution in [2.75, 3.05) is 6.61 Å². The fourth-order valence-electron chi connectivity index (χ4n) is 2.48. The molecule has 2 atom stereocenters. The van der Waals surface area contributed by atoms with E-state index >= 15 is 0 Å². The van der Waals surface area contributed by atoms with Gasteiger partial charge in [0.05, 0.1) is 17.8 Å². The standard InChI is InChI=1S/C12H22N4O/c1-3-16-10(7-9(2)15-16)8-11(14-13)12-5-4-6-17-12/h7,11-12,14H,3-6,8,13H2,1-2H3. The van der Waals surface area contributed by atoms with Crippen molar-refractivity contribution < 1.29 is 4.74 Å². The summed E-state index contributed by atoms with van der Waals surface area (Å²) >= 11 is 0. The highest BCUT2D eigenvalue weighted by Gasteiger charge is 2.26. The minimum absolute atomic E-state index is 0.180. The van der Waals surface area contributed by atoms with Crippen LogP contribution >= 0.6 is 0 Å². The third-order valence-corrected chi connectivity index (χ3v) is 3.34. The molecule has 0 amide bonds. The molecule has 5 nitrogen and oxygen atoms in total. The number of nitrogens with one attached hydrogen (secondary N) is 1. The number of rotatable bonds is 5. The third kappa shape index (κ3) is 2.86. The lowest BCUT2D eigenvalue weighted by atomic mass is 10.0. The van der Waals surface area contributed by atoms with E-state index in [1.54, 1.807) is 0 Å². The summed E-state index contributed by atoms with van der Waals surface area (Å²) in [7, 11) is 0. The Hall–Kier alpha value is -0.910. The molecule has 2 rings (SSSR count). The van der Waals surface area contributed by atoms with Crippen LogP contribution in [-0.2, 0) is 17.7 Å². The number of ether oxygens (including phenoxy) is 1. The van der Waals surface area contributed by atoms with Crippen molar-refractivity contribution in [2.45, 2.75) is 51.8 Å². The highest BCUT2D eigenvalue weighted by Crippen LogP contribution is 2.18. The van der Waals surface area contributed by atoms with Gasteiger partial charge in [0.15, 0.2) is 0 Å². The van der Waals surface area contributed by atoms with Crippen molar-refractivity contribution in [3.63, 3.8) is 0 Å². The van der Waals surface area contributed by atoms with Crippen molar-refractivity contribution in [1.82, 2.24) is 15.2 Å². The van der Waals surface area contributed by atoms with Crippen molar-refractivity contribution >= 4 is 0 Å². The highest BCUT2D eigenvalue weighted by atomic mass is 16.5. The molecule has 1 aromatic rings. The third-order valence-electron chi connectivity index (χ3n) is 3.34. The van der Waals surface area contributed by atoms with E-state index in [0.29, 0.717) is 0 Å². The number of hydrogen-bond acceptors (Lipinski definition) is 4. The smallest absolute Gasteiger partial charge is 0.0746 e. The zero-order chi connectivity index (χ0) is 12.3. The van der Waals surface area contributed by atoms with E-state index in [2.05, 4.69) is 23.5 Å². The first-order valence-corrected chi connectivity index (χ1v) is 6.35. The molecule has 2 unspecified atom stereocenters. The molecule has 0 radical (unpaired) electrons. The summed E-state index contributed by atoms with van der Waals surface area (Å²) in [4.78, 5) is 0. The first-order chi connectivity index (χ1) is 8.24. The molecule has 96 valence electrons. The van der Waals surface area contributed by atoms with Gasteiger partial charge in [0.25, 0.3) is 0 Å². The Morgan fingerprint density at radius 3 is 3.12 bits per heavy atom. The van der Waals surface area contributed by atoms with Gasteiger partial charge in [-0.25, -0.2) is 0 Å². The minimum atomic E-state index is 0.180. The van der Waals surface area contributed by atoms with Gasteiger partial charge >= 0.3 is 0 Å². The summed E-state index contributed by atoms with van der Waals surface area (Å²) in [6.45, 7) is 5.88. The molecule has 2 heterocycles. The van der Waals surface area contributed by atoms with Crippen molar-refractivity contribution in [2.24, 2.45) is 5.84 Å². The van der Waals surface area contributed by atoms with Crippen LogP contribution in [0.5, 0.6) is 0 Å². The Balaban J connectivity index is 2.06. The van der Waals surface area contributed by atoms with Crippen LogP contribution < -0.4 is 11.3 Å². The largest absolute Gasteiger partial charge is 0.377 e. The lowest BCUT2D eigenvalue weighted by Gasteiger charge is -2.22. The van der Waals surface area contributed by atoms with Gasteiger partial charge in [-0.3, -0.25) is 16.0 Å². The van der Waals surface area contributed by atoms with Gasteiger partial charge < -0.3 is 4.74 Å². The molecule has 0 aromatic carbocycles. The number of nitrogens with zero attached hydrogens (tertiary/aromatic N) is 2. The number of nitrogens with two attached hydrogens (primary N) is 1. The summed E-state index contributed by atoms with van der Waals surface area (Å²) in [5, 5.41) is 4.45. The van der Waals surface area contributed by atoms with Crippen LogP contribution in [0.2, 0.25) is 0 Å². The fraction of sp³-hybridized carbons (Fsp3) is 0.750. The second-order valence-corrected chi connectivity index (χ2v) is 4.62. The number of aryl methyl sites for hydroxylation is 2. The molecule has 3 N–H and O–H groups in total. The molecule has 0 aliphatic carbocycles. The first-order valence-electron chi connectivity index (χ1n) is 6.35. The maximum Gasteiger partial charge on any atom is 0.0746 e. The molecule has 1 fully saturated rings. The fourth-order valence-corrected chi connectivity index (χ4v) is 2.48. The zero-order valence-electron chi connectivity index (χ0n) is 10.6. The topological polar surface area (TPSA) is 65.1 Å². The van der Waals surface area contributed by atoms with Crippen LogP contribution in [0, 0.1) is 6.92 Å². The summed E-state index contributed by atoms with van der Waals surface area (Å²) < 4.78 is 7.72. The summed E-state index contributed by atoms with van der Waals surface area (Å²) in [6.07, 6.45) is 3.33. The Kier molecular flexibility index (Phi) is 4.15. The quantitative estimate of drug-likeness (QED) is 0.587. The molecule has 0 spiro atoms. The minimum Gasteiger partial charge on any atom is -0.377 e. The molecule has 1 aromatic heterocycles. The van der Waals surface area contributed by atoms with Gasteiger partial charge in [-0.15, -0.1) is 0 Å². The molecule has 1 aliphatic heterocycles. The monoisotopic (exact) mass is 238 g/mol. The van der Waals surface area contributed by atoms with Crippen molar-refractivity contribution in [3.8, 4) is 0 Å². The number of hydrazine groups is 1. The van der Waals surface area contributed by atoms with Gasteiger partial charge in [-0.05, 0) is 32.8 Å². The van der Waals surface area contributed by atoms with Gasteiger partial charge in [-0.1, -0.05) is 0 Å². The van der Waals surface area contributed by atoms with E-state index in [1.807, 2.05) is 11.6 Å². The lowest BCUT2D eigenvalue weighted by molar-refractivity contribution is 0.0778. The molecule has 17 heavy (non-hydrogen) atoms. The van der Waals surface area contributed by atoms with Gasteiger partial charge in [0, 0.05) is 25.3 Å². The maximum atomic E-state index is 5.69. The van der Waals surface area contributed by atoms with E-state index in [4.69, 9.17) is 10.6 Å². The second kappa shape index (κ2) is 5.62. The Bertz CT molecular complexity index is 357. The van der Waals surface area contributed by atoms with Gasteiger partial charge in [0.2, 0.25) is 0 Å². The molecular formula is C12H22N4O. The molecule has 0 saturated carbocycles. The maximum absolute atomic E-state index is 5.69. The molecule has 0 bridgehead atoms. The Labute approximate surface area is 102 Å². The van der Waals surface area contributed by atoms with Crippen LogP contribution in [-0.4, -0.2) is 28.5 Å². The molecule has 5 heteroatoms. The molecule has 1 saturated heterocycles. The first kappa shape index (κ1) is 12.5. The van der Waals surface area contributed by atoms with Crippen LogP contribution in [0.1, 0.15) is 31.2 Å². The average molecular weight is 238 g/mol. The summed E-state index contributed by atoms with van der Waals surface area (Å²) in [5.41, 5.74) is 5.17. The zero-order valence-corrected chi connectivity index (χ0v) is 10.6. The number of hydrogen-bond donors (Lipinski definition) is 2. The van der Waals surface area contributed by atoms with Crippen LogP contribution in [0.25, 0.3) is 0 Å². The Morgan fingerprint density at radius 2 is 2.53 bits per heavy atom. The van der Waals surface area contributed by atoms with Gasteiger partial charge in [-0.2, -0.15) is 5.10 Å². The summed E-state index contributed by atoms with van der Waals surface area (Å²) in [6, 6.07) is 2.31. The normalized spacial score (nSPS) is 21.9. The second-order valence-electron chi connectivity index (χ2n) is 4.62. The van der Waals surface area contributed by atoms with Crippen LogP contribution in [0.3, 0.4) is 0 Å². The summed E-state index contributed by atoms with van der Waals surface area (Å²) in [5.74, 6) is 5.64. The van der Waals surface area contributed by atoms with E-state index in [0.717, 1.165) is 38.1 Å². The Morgan fingerprint density at radius 1 is 1.71 bits per heavy atom. The van der Waals surface area contributed by atoms with Crippen molar-refractivity contribution in [1.29, 1.82) is 0 Å². The lowest BCUT2D eigenvalue weighted by Crippen LogP contribution is -2.45.